The molecule has 3 rings (SSSR count). The summed E-state index contributed by atoms with van der Waals surface area (Å²) in [6.07, 6.45) is 11.7. The number of rotatable bonds is 10. The van der Waals surface area contributed by atoms with Crippen molar-refractivity contribution in [1.82, 2.24) is 15.1 Å². The molecule has 2 unspecified atom stereocenters. The molecule has 3 amide bonds. The molecule has 1 saturated heterocycles. The van der Waals surface area contributed by atoms with E-state index >= 15 is 0 Å². The lowest BCUT2D eigenvalue weighted by molar-refractivity contribution is -0.142. The van der Waals surface area contributed by atoms with Gasteiger partial charge < -0.3 is 0 Å². The molecule has 2 aliphatic rings. The van der Waals surface area contributed by atoms with Crippen LogP contribution in [0.1, 0.15) is 76.1 Å². The van der Waals surface area contributed by atoms with Crippen LogP contribution in [-0.2, 0) is 20.8 Å². The molecule has 1 aliphatic heterocycles. The molecule has 1 saturated carbocycles. The molecule has 8 heteroatoms. The number of nitrogens with one attached hydrogen (secondary N) is 1. The number of unbranched alkanes of at least 4 members (excludes halogenated alkanes) is 5. The number of hydrogen-bond acceptors (Lipinski definition) is 6. The van der Waals surface area contributed by atoms with Crippen LogP contribution in [-0.4, -0.2) is 39.4 Å². The van der Waals surface area contributed by atoms with Gasteiger partial charge in [0.25, 0.3) is 0 Å². The number of nitrogens with zero attached hydrogens (tertiary/aromatic N) is 3. The van der Waals surface area contributed by atoms with Crippen molar-refractivity contribution >= 4 is 34.2 Å². The van der Waals surface area contributed by atoms with Gasteiger partial charge in [-0.2, -0.15) is 0 Å². The molecule has 1 aliphatic carbocycles. The molecule has 2 fully saturated rings. The van der Waals surface area contributed by atoms with Crippen molar-refractivity contribution < 1.29 is 14.4 Å². The zero-order chi connectivity index (χ0) is 19.9. The predicted octanol–water partition coefficient (Wildman–Crippen LogP) is 3.55. The molecule has 0 bridgehead atoms. The Morgan fingerprint density at radius 3 is 2.36 bits per heavy atom. The zero-order valence-electron chi connectivity index (χ0n) is 16.6. The Hall–Kier alpha value is -1.83. The smallest absolute Gasteiger partial charge is 0.246 e. The fourth-order valence-corrected chi connectivity index (χ4v) is 4.95. The van der Waals surface area contributed by atoms with Gasteiger partial charge >= 0.3 is 0 Å². The first-order valence-electron chi connectivity index (χ1n) is 10.6. The topological polar surface area (TPSA) is 92.3 Å². The van der Waals surface area contributed by atoms with Gasteiger partial charge in [0.1, 0.15) is 11.6 Å². The summed E-state index contributed by atoms with van der Waals surface area (Å²) in [5.74, 6) is -1.21. The molecule has 0 radical (unpaired) electrons. The van der Waals surface area contributed by atoms with Gasteiger partial charge in [-0.05, 0) is 19.3 Å². The van der Waals surface area contributed by atoms with Gasteiger partial charge in [0.15, 0.2) is 0 Å². The molecule has 2 heterocycles. The van der Waals surface area contributed by atoms with Crippen LogP contribution in [0.5, 0.6) is 0 Å². The van der Waals surface area contributed by atoms with Crippen LogP contribution in [0, 0.1) is 11.8 Å². The Balaban J connectivity index is 1.43. The van der Waals surface area contributed by atoms with Gasteiger partial charge in [-0.1, -0.05) is 63.2 Å². The highest BCUT2D eigenvalue weighted by atomic mass is 32.1. The maximum atomic E-state index is 12.5. The highest BCUT2D eigenvalue weighted by Crippen LogP contribution is 2.37. The van der Waals surface area contributed by atoms with Crippen molar-refractivity contribution in [3.8, 4) is 0 Å². The summed E-state index contributed by atoms with van der Waals surface area (Å²) in [7, 11) is 0. The van der Waals surface area contributed by atoms with Crippen molar-refractivity contribution in [3.63, 3.8) is 0 Å². The normalized spacial score (nSPS) is 21.8. The summed E-state index contributed by atoms with van der Waals surface area (Å²) in [6.45, 7) is 1.98. The molecule has 7 nitrogen and oxygen atoms in total. The number of carbonyl (C=O) groups is 3. The van der Waals surface area contributed by atoms with Gasteiger partial charge in [0.2, 0.25) is 22.9 Å². The monoisotopic (exact) mass is 406 g/mol. The number of aromatic nitrogens is 2. The van der Waals surface area contributed by atoms with E-state index in [9.17, 15) is 14.4 Å². The Kier molecular flexibility index (Phi) is 7.53. The summed E-state index contributed by atoms with van der Waals surface area (Å²) in [6, 6.07) is 0. The van der Waals surface area contributed by atoms with Crippen molar-refractivity contribution in [2.45, 2.75) is 77.6 Å². The first-order chi connectivity index (χ1) is 13.6. The van der Waals surface area contributed by atoms with E-state index in [1.807, 2.05) is 0 Å². The van der Waals surface area contributed by atoms with Crippen LogP contribution in [0.3, 0.4) is 0 Å². The van der Waals surface area contributed by atoms with Crippen molar-refractivity contribution in [2.75, 3.05) is 11.9 Å². The fourth-order valence-electron chi connectivity index (χ4n) is 4.15. The van der Waals surface area contributed by atoms with E-state index in [-0.39, 0.29) is 36.1 Å². The van der Waals surface area contributed by atoms with Gasteiger partial charge in [0, 0.05) is 6.42 Å². The maximum absolute atomic E-state index is 12.5. The quantitative estimate of drug-likeness (QED) is 0.474. The molecular formula is C20H30N4O3S. The number of imide groups is 1. The third kappa shape index (κ3) is 5.16. The zero-order valence-corrected chi connectivity index (χ0v) is 17.4. The number of aryl methyl sites for hydroxylation is 1. The molecule has 0 spiro atoms. The largest absolute Gasteiger partial charge is 0.299 e. The van der Waals surface area contributed by atoms with Crippen LogP contribution in [0.25, 0.3) is 0 Å². The lowest BCUT2D eigenvalue weighted by Crippen LogP contribution is -2.38. The summed E-state index contributed by atoms with van der Waals surface area (Å²) < 4.78 is 0. The summed E-state index contributed by atoms with van der Waals surface area (Å²) in [5.41, 5.74) is 0. The van der Waals surface area contributed by atoms with E-state index < -0.39 is 0 Å². The number of amides is 3. The molecule has 2 atom stereocenters. The summed E-state index contributed by atoms with van der Waals surface area (Å²) in [5, 5.41) is 12.2. The number of fused-ring (bicyclic) bond motifs is 1. The van der Waals surface area contributed by atoms with Gasteiger partial charge in [-0.3, -0.25) is 24.6 Å². The number of carbonyl (C=O) groups excluding carboxylic acids is 3. The Morgan fingerprint density at radius 1 is 1.04 bits per heavy atom. The summed E-state index contributed by atoms with van der Waals surface area (Å²) in [4.78, 5) is 38.4. The summed E-state index contributed by atoms with van der Waals surface area (Å²) >= 11 is 1.37. The Labute approximate surface area is 170 Å². The third-order valence-corrected chi connectivity index (χ3v) is 6.59. The minimum Gasteiger partial charge on any atom is -0.299 e. The van der Waals surface area contributed by atoms with Gasteiger partial charge in [-0.15, -0.1) is 10.2 Å². The standard InChI is InChI=1S/C20H30N4O3S/c1-2-3-4-5-6-7-12-17-22-23-20(28-17)21-16(25)13-24-18(26)14-10-8-9-11-15(14)19(24)27/h14-15H,2-13H2,1H3,(H,21,23,25). The van der Waals surface area contributed by atoms with Gasteiger partial charge in [0.05, 0.1) is 11.8 Å². The van der Waals surface area contributed by atoms with Crippen LogP contribution in [0.15, 0.2) is 0 Å². The third-order valence-electron chi connectivity index (χ3n) is 5.69. The second-order valence-electron chi connectivity index (χ2n) is 7.83. The Bertz CT molecular complexity index is 681. The number of hydrogen-bond donors (Lipinski definition) is 1. The van der Waals surface area contributed by atoms with E-state index in [1.54, 1.807) is 0 Å². The molecular weight excluding hydrogens is 376 g/mol. The Morgan fingerprint density at radius 2 is 1.68 bits per heavy atom. The van der Waals surface area contributed by atoms with E-state index in [0.29, 0.717) is 5.13 Å². The minimum absolute atomic E-state index is 0.189. The maximum Gasteiger partial charge on any atom is 0.246 e. The minimum atomic E-state index is -0.386. The lowest BCUT2D eigenvalue weighted by Gasteiger charge is -2.19. The van der Waals surface area contributed by atoms with Crippen LogP contribution < -0.4 is 5.32 Å². The second kappa shape index (κ2) is 10.1. The van der Waals surface area contributed by atoms with E-state index in [2.05, 4.69) is 22.4 Å². The van der Waals surface area contributed by atoms with Gasteiger partial charge in [-0.25, -0.2) is 0 Å². The van der Waals surface area contributed by atoms with E-state index in [0.717, 1.165) is 48.4 Å². The van der Waals surface area contributed by atoms with Crippen LogP contribution in [0.2, 0.25) is 0 Å². The molecule has 0 aromatic carbocycles. The van der Waals surface area contributed by atoms with Crippen molar-refractivity contribution in [1.29, 1.82) is 0 Å². The van der Waals surface area contributed by atoms with Crippen LogP contribution >= 0.6 is 11.3 Å². The highest BCUT2D eigenvalue weighted by Gasteiger charge is 2.48. The second-order valence-corrected chi connectivity index (χ2v) is 8.89. The van der Waals surface area contributed by atoms with E-state index in [1.165, 1.54) is 43.4 Å². The SMILES string of the molecule is CCCCCCCCc1nnc(NC(=O)CN2C(=O)C3CCCCC3C2=O)s1. The van der Waals surface area contributed by atoms with Crippen LogP contribution in [0.4, 0.5) is 5.13 Å². The molecule has 28 heavy (non-hydrogen) atoms. The van der Waals surface area contributed by atoms with Crippen molar-refractivity contribution in [2.24, 2.45) is 11.8 Å². The predicted molar refractivity (Wildman–Crippen MR) is 108 cm³/mol. The molecule has 1 aromatic rings. The van der Waals surface area contributed by atoms with E-state index in [4.69, 9.17) is 0 Å². The average molecular weight is 407 g/mol. The first-order valence-corrected chi connectivity index (χ1v) is 11.4. The molecule has 154 valence electrons. The molecule has 1 N–H and O–H groups in total. The number of likely N-dealkylation sites (tertiary alicyclic amines) is 1. The number of anilines is 1. The lowest BCUT2D eigenvalue weighted by atomic mass is 9.81. The molecule has 1 aromatic heterocycles. The van der Waals surface area contributed by atoms with Crippen molar-refractivity contribution in [3.05, 3.63) is 5.01 Å². The first kappa shape index (κ1) is 20.9. The fraction of sp³-hybridized carbons (Fsp3) is 0.750. The average Bonchev–Trinajstić information content (AvgIpc) is 3.23. The highest BCUT2D eigenvalue weighted by molar-refractivity contribution is 7.15.